The van der Waals surface area contributed by atoms with E-state index in [0.29, 0.717) is 5.13 Å². The lowest BCUT2D eigenvalue weighted by molar-refractivity contribution is -0.387. The Morgan fingerprint density at radius 2 is 1.82 bits per heavy atom. The van der Waals surface area contributed by atoms with Gasteiger partial charge in [0.15, 0.2) is 10.2 Å². The van der Waals surface area contributed by atoms with Crippen LogP contribution in [0.5, 0.6) is 0 Å². The van der Waals surface area contributed by atoms with Crippen LogP contribution in [0.1, 0.15) is 11.1 Å². The Morgan fingerprint density at radius 1 is 1.07 bits per heavy atom. The third-order valence-corrected chi connectivity index (χ3v) is 5.91. The number of benzene rings is 2. The summed E-state index contributed by atoms with van der Waals surface area (Å²) < 4.78 is 1.01. The zero-order valence-corrected chi connectivity index (χ0v) is 16.7. The van der Waals surface area contributed by atoms with Gasteiger partial charge in [-0.25, -0.2) is 15.0 Å². The van der Waals surface area contributed by atoms with E-state index in [1.807, 2.05) is 56.3 Å². The van der Waals surface area contributed by atoms with Crippen LogP contribution < -0.4 is 5.32 Å². The summed E-state index contributed by atoms with van der Waals surface area (Å²) in [6.07, 6.45) is 1.32. The molecule has 2 aromatic carbocycles. The Labute approximate surface area is 169 Å². The summed E-state index contributed by atoms with van der Waals surface area (Å²) in [6.45, 7) is 4.00. The first-order chi connectivity index (χ1) is 13.5. The molecule has 0 amide bonds. The van der Waals surface area contributed by atoms with E-state index in [1.54, 1.807) is 0 Å². The van der Waals surface area contributed by atoms with Gasteiger partial charge in [0.05, 0.1) is 15.1 Å². The van der Waals surface area contributed by atoms with Crippen molar-refractivity contribution in [1.82, 2.24) is 15.0 Å². The normalized spacial score (nSPS) is 10.9. The van der Waals surface area contributed by atoms with Crippen molar-refractivity contribution in [3.8, 4) is 0 Å². The van der Waals surface area contributed by atoms with Gasteiger partial charge >= 0.3 is 5.69 Å². The molecule has 0 aliphatic carbocycles. The van der Waals surface area contributed by atoms with Crippen LogP contribution in [0.2, 0.25) is 0 Å². The average Bonchev–Trinajstić information content (AvgIpc) is 3.05. The highest BCUT2D eigenvalue weighted by molar-refractivity contribution is 7.99. The fourth-order valence-electron chi connectivity index (χ4n) is 2.60. The number of aromatic nitrogens is 3. The number of rotatable bonds is 5. The largest absolute Gasteiger partial charge is 0.344 e. The number of nitrogens with zero attached hydrogens (tertiary/aromatic N) is 4. The molecule has 0 fully saturated rings. The Hall–Kier alpha value is -3.04. The first-order valence-electron chi connectivity index (χ1n) is 8.38. The van der Waals surface area contributed by atoms with E-state index >= 15 is 0 Å². The molecule has 9 heteroatoms. The van der Waals surface area contributed by atoms with E-state index in [0.717, 1.165) is 26.2 Å². The second-order valence-corrected chi connectivity index (χ2v) is 8.26. The third kappa shape index (κ3) is 3.80. The first-order valence-corrected chi connectivity index (χ1v) is 10.0. The van der Waals surface area contributed by atoms with Gasteiger partial charge in [0.25, 0.3) is 0 Å². The molecule has 0 spiro atoms. The standard InChI is InChI=1S/C19H15N5O2S2/c1-11-3-6-13(7-4-11)27-18-16(24(25)26)17(20-10-21-18)23-19-22-14-8-5-12(2)9-15(14)28-19/h3-10H,1-2H3,(H,20,21,22,23). The molecule has 0 saturated carbocycles. The highest BCUT2D eigenvalue weighted by Gasteiger charge is 2.24. The molecule has 2 heterocycles. The number of nitrogens with one attached hydrogen (secondary N) is 1. The number of nitro groups is 1. The second kappa shape index (κ2) is 7.53. The average molecular weight is 409 g/mol. The van der Waals surface area contributed by atoms with Crippen LogP contribution >= 0.6 is 23.1 Å². The van der Waals surface area contributed by atoms with Crippen LogP contribution in [0.25, 0.3) is 10.2 Å². The van der Waals surface area contributed by atoms with Crippen LogP contribution in [0.15, 0.2) is 58.7 Å². The quantitative estimate of drug-likeness (QED) is 0.264. The van der Waals surface area contributed by atoms with Gasteiger partial charge in [-0.1, -0.05) is 46.9 Å². The summed E-state index contributed by atoms with van der Waals surface area (Å²) in [5, 5.41) is 15.6. The van der Waals surface area contributed by atoms with Crippen molar-refractivity contribution in [3.63, 3.8) is 0 Å². The van der Waals surface area contributed by atoms with E-state index in [9.17, 15) is 10.1 Å². The molecule has 0 atom stereocenters. The number of aryl methyl sites for hydroxylation is 2. The van der Waals surface area contributed by atoms with Crippen molar-refractivity contribution in [3.05, 3.63) is 70.0 Å². The lowest BCUT2D eigenvalue weighted by Crippen LogP contribution is -2.02. The van der Waals surface area contributed by atoms with Crippen LogP contribution in [-0.4, -0.2) is 19.9 Å². The van der Waals surface area contributed by atoms with Gasteiger partial charge in [0.2, 0.25) is 5.82 Å². The Bertz CT molecular complexity index is 1170. The first kappa shape index (κ1) is 18.3. The van der Waals surface area contributed by atoms with Crippen molar-refractivity contribution in [2.45, 2.75) is 23.8 Å². The Balaban J connectivity index is 1.69. The number of hydrogen-bond donors (Lipinski definition) is 1. The number of anilines is 2. The van der Waals surface area contributed by atoms with Gasteiger partial charge in [-0.05, 0) is 43.7 Å². The predicted octanol–water partition coefficient (Wildman–Crippen LogP) is 5.51. The lowest BCUT2D eigenvalue weighted by atomic mass is 10.2. The maximum absolute atomic E-state index is 11.7. The van der Waals surface area contributed by atoms with Gasteiger partial charge in [0.1, 0.15) is 6.33 Å². The molecular formula is C19H15N5O2S2. The topological polar surface area (TPSA) is 93.8 Å². The van der Waals surface area contributed by atoms with Gasteiger partial charge < -0.3 is 5.32 Å². The second-order valence-electron chi connectivity index (χ2n) is 6.16. The summed E-state index contributed by atoms with van der Waals surface area (Å²) >= 11 is 2.66. The van der Waals surface area contributed by atoms with Gasteiger partial charge in [-0.2, -0.15) is 0 Å². The van der Waals surface area contributed by atoms with Crippen LogP contribution in [0, 0.1) is 24.0 Å². The van der Waals surface area contributed by atoms with Crippen molar-refractivity contribution in [2.75, 3.05) is 5.32 Å². The van der Waals surface area contributed by atoms with Crippen LogP contribution in [0.4, 0.5) is 16.6 Å². The zero-order chi connectivity index (χ0) is 19.7. The molecule has 0 aliphatic heterocycles. The molecule has 0 saturated heterocycles. The SMILES string of the molecule is Cc1ccc(Sc2ncnc(Nc3nc4ccc(C)cc4s3)c2[N+](=O)[O-])cc1. The molecular weight excluding hydrogens is 394 g/mol. The molecule has 140 valence electrons. The summed E-state index contributed by atoms with van der Waals surface area (Å²) in [4.78, 5) is 24.9. The van der Waals surface area contributed by atoms with Crippen molar-refractivity contribution < 1.29 is 4.92 Å². The molecule has 4 rings (SSSR count). The highest BCUT2D eigenvalue weighted by atomic mass is 32.2. The summed E-state index contributed by atoms with van der Waals surface area (Å²) in [7, 11) is 0. The molecule has 4 aromatic rings. The molecule has 28 heavy (non-hydrogen) atoms. The monoisotopic (exact) mass is 409 g/mol. The molecule has 0 unspecified atom stereocenters. The van der Waals surface area contributed by atoms with Crippen molar-refractivity contribution in [1.29, 1.82) is 0 Å². The molecule has 0 radical (unpaired) electrons. The van der Waals surface area contributed by atoms with E-state index < -0.39 is 4.92 Å². The number of fused-ring (bicyclic) bond motifs is 1. The minimum absolute atomic E-state index is 0.130. The van der Waals surface area contributed by atoms with Crippen LogP contribution in [0.3, 0.4) is 0 Å². The fraction of sp³-hybridized carbons (Fsp3) is 0.105. The van der Waals surface area contributed by atoms with Crippen molar-refractivity contribution in [2.24, 2.45) is 0 Å². The maximum Gasteiger partial charge on any atom is 0.344 e. The van der Waals surface area contributed by atoms with Crippen molar-refractivity contribution >= 4 is 50.0 Å². The summed E-state index contributed by atoms with van der Waals surface area (Å²) in [5.74, 6) is 0.130. The fourth-order valence-corrected chi connectivity index (χ4v) is 4.42. The molecule has 2 aromatic heterocycles. The Morgan fingerprint density at radius 3 is 2.57 bits per heavy atom. The molecule has 0 aliphatic rings. The summed E-state index contributed by atoms with van der Waals surface area (Å²) in [6, 6.07) is 13.7. The van der Waals surface area contributed by atoms with E-state index in [2.05, 4.69) is 20.3 Å². The Kier molecular flexibility index (Phi) is 4.93. The molecule has 7 nitrogen and oxygen atoms in total. The van der Waals surface area contributed by atoms with Gasteiger partial charge in [-0.3, -0.25) is 10.1 Å². The smallest absolute Gasteiger partial charge is 0.310 e. The maximum atomic E-state index is 11.7. The summed E-state index contributed by atoms with van der Waals surface area (Å²) in [5.41, 5.74) is 2.93. The van der Waals surface area contributed by atoms with Gasteiger partial charge in [0, 0.05) is 4.90 Å². The van der Waals surface area contributed by atoms with E-state index in [1.165, 1.54) is 29.4 Å². The van der Waals surface area contributed by atoms with E-state index in [4.69, 9.17) is 0 Å². The third-order valence-electron chi connectivity index (χ3n) is 3.98. The minimum atomic E-state index is -0.462. The molecule has 1 N–H and O–H groups in total. The minimum Gasteiger partial charge on any atom is -0.310 e. The number of hydrogen-bond acceptors (Lipinski definition) is 8. The number of thiazole rings is 1. The highest BCUT2D eigenvalue weighted by Crippen LogP contribution is 2.38. The molecule has 0 bridgehead atoms. The van der Waals surface area contributed by atoms with E-state index in [-0.39, 0.29) is 16.5 Å². The van der Waals surface area contributed by atoms with Crippen LogP contribution in [-0.2, 0) is 0 Å². The predicted molar refractivity (Wildman–Crippen MR) is 112 cm³/mol. The zero-order valence-electron chi connectivity index (χ0n) is 15.0. The lowest BCUT2D eigenvalue weighted by Gasteiger charge is -2.06. The van der Waals surface area contributed by atoms with Gasteiger partial charge in [-0.15, -0.1) is 0 Å².